The molecular weight excluding hydrogens is 319 g/mol. The van der Waals surface area contributed by atoms with Crippen molar-refractivity contribution in [2.75, 3.05) is 18.0 Å². The molecule has 1 atom stereocenters. The van der Waals surface area contributed by atoms with Crippen LogP contribution in [-0.4, -0.2) is 23.1 Å². The molecule has 0 radical (unpaired) electrons. The molecule has 124 valence electrons. The van der Waals surface area contributed by atoms with Crippen LogP contribution in [0.3, 0.4) is 0 Å². The maximum atomic E-state index is 12.9. The van der Waals surface area contributed by atoms with Gasteiger partial charge in [0.15, 0.2) is 5.69 Å². The highest BCUT2D eigenvalue weighted by Crippen LogP contribution is 2.57. The molecular formula is C14H13F5N4. The summed E-state index contributed by atoms with van der Waals surface area (Å²) in [6.45, 7) is 0.689. The van der Waals surface area contributed by atoms with Crippen LogP contribution >= 0.6 is 0 Å². The minimum Gasteiger partial charge on any atom is -0.354 e. The molecule has 23 heavy (non-hydrogen) atoms. The Morgan fingerprint density at radius 2 is 2.00 bits per heavy atom. The number of hydrogen-bond donors (Lipinski definition) is 0. The van der Waals surface area contributed by atoms with E-state index in [0.717, 1.165) is 19.0 Å². The molecule has 1 saturated carbocycles. The van der Waals surface area contributed by atoms with Gasteiger partial charge in [0.2, 0.25) is 0 Å². The highest BCUT2D eigenvalue weighted by Gasteiger charge is 2.52. The van der Waals surface area contributed by atoms with Crippen LogP contribution in [-0.2, 0) is 6.18 Å². The van der Waals surface area contributed by atoms with E-state index in [4.69, 9.17) is 0 Å². The molecule has 1 aromatic heterocycles. The van der Waals surface area contributed by atoms with Gasteiger partial charge in [0, 0.05) is 13.1 Å². The SMILES string of the molecule is N#CC1CN(c2cnc(C(F)F)c(C(F)(F)F)n2)CCC12CC2. The maximum absolute atomic E-state index is 12.9. The predicted octanol–water partition coefficient (Wildman–Crippen LogP) is 3.56. The van der Waals surface area contributed by atoms with Crippen LogP contribution in [0.25, 0.3) is 0 Å². The second kappa shape index (κ2) is 5.28. The first-order valence-electron chi connectivity index (χ1n) is 7.14. The number of halogens is 5. The molecule has 1 aliphatic heterocycles. The Balaban J connectivity index is 1.90. The van der Waals surface area contributed by atoms with Crippen molar-refractivity contribution in [3.63, 3.8) is 0 Å². The van der Waals surface area contributed by atoms with E-state index in [9.17, 15) is 27.2 Å². The Bertz CT molecular complexity index is 648. The molecule has 1 spiro atoms. The van der Waals surface area contributed by atoms with Gasteiger partial charge < -0.3 is 4.90 Å². The van der Waals surface area contributed by atoms with Gasteiger partial charge in [0.25, 0.3) is 6.43 Å². The third-order valence-electron chi connectivity index (χ3n) is 4.66. The number of nitriles is 1. The lowest BCUT2D eigenvalue weighted by Gasteiger charge is -2.36. The van der Waals surface area contributed by atoms with Gasteiger partial charge in [0.05, 0.1) is 18.2 Å². The Hall–Kier alpha value is -1.98. The number of anilines is 1. The third-order valence-corrected chi connectivity index (χ3v) is 4.66. The van der Waals surface area contributed by atoms with Gasteiger partial charge in [-0.2, -0.15) is 18.4 Å². The molecule has 2 fully saturated rings. The van der Waals surface area contributed by atoms with E-state index in [0.29, 0.717) is 13.0 Å². The minimum atomic E-state index is -5.00. The standard InChI is InChI=1S/C14H13F5N4/c15-12(16)10-11(14(17,18)19)22-9(6-21-10)23-4-3-13(1-2-13)8(5-20)7-23/h6,8,12H,1-4,7H2. The second-order valence-electron chi connectivity index (χ2n) is 6.00. The van der Waals surface area contributed by atoms with Crippen LogP contribution in [0.5, 0.6) is 0 Å². The quantitative estimate of drug-likeness (QED) is 0.777. The van der Waals surface area contributed by atoms with E-state index < -0.39 is 24.0 Å². The van der Waals surface area contributed by atoms with Crippen molar-refractivity contribution >= 4 is 5.82 Å². The van der Waals surface area contributed by atoms with Crippen LogP contribution in [0.2, 0.25) is 0 Å². The normalized spacial score (nSPS) is 23.2. The number of piperidine rings is 1. The fourth-order valence-corrected chi connectivity index (χ4v) is 3.09. The monoisotopic (exact) mass is 332 g/mol. The summed E-state index contributed by atoms with van der Waals surface area (Å²) in [5.74, 6) is -0.403. The molecule has 9 heteroatoms. The summed E-state index contributed by atoms with van der Waals surface area (Å²) in [6.07, 6.45) is -4.85. The maximum Gasteiger partial charge on any atom is 0.435 e. The summed E-state index contributed by atoms with van der Waals surface area (Å²) >= 11 is 0. The molecule has 2 heterocycles. The molecule has 0 amide bonds. The largest absolute Gasteiger partial charge is 0.435 e. The molecule has 2 aliphatic rings. The summed E-state index contributed by atoms with van der Waals surface area (Å²) in [4.78, 5) is 8.16. The third kappa shape index (κ3) is 2.82. The molecule has 1 aromatic rings. The van der Waals surface area contributed by atoms with Crippen molar-refractivity contribution in [1.29, 1.82) is 5.26 Å². The number of hydrogen-bond acceptors (Lipinski definition) is 4. The second-order valence-corrected chi connectivity index (χ2v) is 6.00. The van der Waals surface area contributed by atoms with E-state index in [1.54, 1.807) is 0 Å². The van der Waals surface area contributed by atoms with E-state index in [1.165, 1.54) is 4.90 Å². The first-order chi connectivity index (χ1) is 10.8. The van der Waals surface area contributed by atoms with Crippen LogP contribution in [0.15, 0.2) is 6.20 Å². The first-order valence-corrected chi connectivity index (χ1v) is 7.14. The van der Waals surface area contributed by atoms with Gasteiger partial charge in [-0.05, 0) is 24.7 Å². The van der Waals surface area contributed by atoms with Crippen molar-refractivity contribution in [3.8, 4) is 6.07 Å². The fourth-order valence-electron chi connectivity index (χ4n) is 3.09. The van der Waals surface area contributed by atoms with Crippen molar-refractivity contribution in [2.45, 2.75) is 31.9 Å². The van der Waals surface area contributed by atoms with Crippen molar-refractivity contribution in [3.05, 3.63) is 17.6 Å². The van der Waals surface area contributed by atoms with Gasteiger partial charge in [0.1, 0.15) is 11.5 Å². The average molecular weight is 332 g/mol. The lowest BCUT2D eigenvalue weighted by atomic mass is 9.83. The van der Waals surface area contributed by atoms with E-state index in [-0.39, 0.29) is 23.7 Å². The summed E-state index contributed by atoms with van der Waals surface area (Å²) < 4.78 is 64.2. The zero-order valence-electron chi connectivity index (χ0n) is 11.9. The summed E-state index contributed by atoms with van der Waals surface area (Å²) in [6, 6.07) is 2.20. The zero-order chi connectivity index (χ0) is 16.8. The Morgan fingerprint density at radius 3 is 2.52 bits per heavy atom. The molecule has 3 rings (SSSR count). The van der Waals surface area contributed by atoms with Crippen molar-refractivity contribution in [2.24, 2.45) is 11.3 Å². The number of nitrogens with zero attached hydrogens (tertiary/aromatic N) is 4. The van der Waals surface area contributed by atoms with Gasteiger partial charge in [-0.15, -0.1) is 0 Å². The minimum absolute atomic E-state index is 0.0194. The van der Waals surface area contributed by atoms with Crippen LogP contribution in [0, 0.1) is 22.7 Å². The van der Waals surface area contributed by atoms with Gasteiger partial charge in [-0.3, -0.25) is 0 Å². The summed E-state index contributed by atoms with van der Waals surface area (Å²) in [5.41, 5.74) is -3.05. The molecule has 0 aromatic carbocycles. The smallest absolute Gasteiger partial charge is 0.354 e. The number of rotatable bonds is 2. The fraction of sp³-hybridized carbons (Fsp3) is 0.643. The highest BCUT2D eigenvalue weighted by molar-refractivity contribution is 5.41. The topological polar surface area (TPSA) is 52.8 Å². The highest BCUT2D eigenvalue weighted by atomic mass is 19.4. The van der Waals surface area contributed by atoms with E-state index >= 15 is 0 Å². The van der Waals surface area contributed by atoms with Crippen molar-refractivity contribution < 1.29 is 22.0 Å². The van der Waals surface area contributed by atoms with Crippen molar-refractivity contribution in [1.82, 2.24) is 9.97 Å². The zero-order valence-corrected chi connectivity index (χ0v) is 11.9. The number of aromatic nitrogens is 2. The molecule has 1 saturated heterocycles. The van der Waals surface area contributed by atoms with E-state index in [2.05, 4.69) is 16.0 Å². The van der Waals surface area contributed by atoms with Gasteiger partial charge in [-0.1, -0.05) is 0 Å². The summed E-state index contributed by atoms with van der Waals surface area (Å²) in [5, 5.41) is 9.24. The summed E-state index contributed by atoms with van der Waals surface area (Å²) in [7, 11) is 0. The lowest BCUT2D eigenvalue weighted by molar-refractivity contribution is -0.143. The molecule has 1 aliphatic carbocycles. The Kier molecular flexibility index (Phi) is 3.65. The average Bonchev–Trinajstić information content (AvgIpc) is 3.26. The number of alkyl halides is 5. The van der Waals surface area contributed by atoms with Gasteiger partial charge in [-0.25, -0.2) is 18.7 Å². The Morgan fingerprint density at radius 1 is 1.30 bits per heavy atom. The molecule has 0 bridgehead atoms. The first kappa shape index (κ1) is 15.9. The van der Waals surface area contributed by atoms with Crippen LogP contribution < -0.4 is 4.90 Å². The van der Waals surface area contributed by atoms with Gasteiger partial charge >= 0.3 is 6.18 Å². The van der Waals surface area contributed by atoms with Crippen LogP contribution in [0.4, 0.5) is 27.8 Å². The molecule has 0 N–H and O–H groups in total. The molecule has 4 nitrogen and oxygen atoms in total. The van der Waals surface area contributed by atoms with E-state index in [1.807, 2.05) is 0 Å². The lowest BCUT2D eigenvalue weighted by Crippen LogP contribution is -2.41. The van der Waals surface area contributed by atoms with Crippen LogP contribution in [0.1, 0.15) is 37.1 Å². The predicted molar refractivity (Wildman–Crippen MR) is 69.6 cm³/mol. The molecule has 1 unspecified atom stereocenters. The Labute approximate surface area is 128 Å².